The number of rotatable bonds is 3. The lowest BCUT2D eigenvalue weighted by Gasteiger charge is -2.02. The number of hydrogen-bond acceptors (Lipinski definition) is 3. The van der Waals surface area contributed by atoms with Crippen LogP contribution in [0.3, 0.4) is 0 Å². The monoisotopic (exact) mass is 241 g/mol. The average molecular weight is 242 g/mol. The molecule has 0 spiro atoms. The Kier molecular flexibility index (Phi) is 6.64. The number of anilines is 1. The molecule has 1 heterocycles. The summed E-state index contributed by atoms with van der Waals surface area (Å²) in [7, 11) is 0. The number of nitriles is 1. The lowest BCUT2D eigenvalue weighted by molar-refractivity contribution is -0.684. The number of nitrogens with one attached hydrogen (secondary N) is 1. The van der Waals surface area contributed by atoms with Crippen LogP contribution in [0.2, 0.25) is 0 Å². The summed E-state index contributed by atoms with van der Waals surface area (Å²) in [6, 6.07) is 5.48. The maximum atomic E-state index is 11.1. The molecule has 0 aliphatic heterocycles. The predicted molar refractivity (Wildman–Crippen MR) is 52.9 cm³/mol. The van der Waals surface area contributed by atoms with E-state index in [9.17, 15) is 4.79 Å². The second-order valence-corrected chi connectivity index (χ2v) is 2.77. The van der Waals surface area contributed by atoms with Gasteiger partial charge in [-0.1, -0.05) is 0 Å². The average Bonchev–Trinajstić information content (AvgIpc) is 2.19. The van der Waals surface area contributed by atoms with Crippen LogP contribution in [0.1, 0.15) is 6.92 Å². The fraction of sp³-hybridized carbons (Fsp3) is 0.300. The van der Waals surface area contributed by atoms with Crippen LogP contribution >= 0.6 is 0 Å². The van der Waals surface area contributed by atoms with E-state index in [1.54, 1.807) is 36.0 Å². The Hall–Kier alpha value is -1.80. The number of nitrogens with zero attached hydrogens (tertiary/aromatic N) is 2. The third-order valence-electron chi connectivity index (χ3n) is 1.63. The highest BCUT2D eigenvalue weighted by atomic mass is 35.5. The molecule has 0 aliphatic rings. The normalized spacial score (nSPS) is 8.50. The quantitative estimate of drug-likeness (QED) is 0.627. The molecule has 0 radical (unpaired) electrons. The summed E-state index contributed by atoms with van der Waals surface area (Å²) in [5, 5.41) is 11.0. The maximum Gasteiger partial charge on any atom is 0.411 e. The van der Waals surface area contributed by atoms with Crippen LogP contribution in [-0.4, -0.2) is 12.7 Å². The van der Waals surface area contributed by atoms with E-state index in [0.717, 1.165) is 0 Å². The van der Waals surface area contributed by atoms with Crippen molar-refractivity contribution in [3.8, 4) is 6.07 Å². The number of ether oxygens (including phenoxy) is 1. The summed E-state index contributed by atoms with van der Waals surface area (Å²) in [4.78, 5) is 11.1. The van der Waals surface area contributed by atoms with Gasteiger partial charge < -0.3 is 17.1 Å². The topological polar surface area (TPSA) is 66.0 Å². The summed E-state index contributed by atoms with van der Waals surface area (Å²) in [5.41, 5.74) is 0.603. The minimum Gasteiger partial charge on any atom is -1.00 e. The van der Waals surface area contributed by atoms with E-state index in [4.69, 9.17) is 10.00 Å². The number of aromatic nitrogens is 1. The van der Waals surface area contributed by atoms with E-state index in [-0.39, 0.29) is 19.0 Å². The van der Waals surface area contributed by atoms with Crippen LogP contribution in [0, 0.1) is 11.3 Å². The Morgan fingerprint density at radius 2 is 2.44 bits per heavy atom. The third-order valence-corrected chi connectivity index (χ3v) is 1.63. The van der Waals surface area contributed by atoms with Crippen LogP contribution in [0.4, 0.5) is 10.5 Å². The van der Waals surface area contributed by atoms with Gasteiger partial charge in [0.1, 0.15) is 11.8 Å². The molecule has 0 aliphatic carbocycles. The van der Waals surface area contributed by atoms with E-state index in [1.807, 2.05) is 6.07 Å². The number of carbonyl (C=O) groups excluding carboxylic acids is 1. The van der Waals surface area contributed by atoms with Crippen molar-refractivity contribution in [2.45, 2.75) is 13.5 Å². The van der Waals surface area contributed by atoms with Crippen LogP contribution < -0.4 is 22.3 Å². The Labute approximate surface area is 100 Å². The number of halogens is 1. The van der Waals surface area contributed by atoms with E-state index in [0.29, 0.717) is 12.3 Å². The van der Waals surface area contributed by atoms with Crippen LogP contribution in [0.15, 0.2) is 24.5 Å². The first-order chi connectivity index (χ1) is 7.26. The van der Waals surface area contributed by atoms with Gasteiger partial charge in [-0.05, 0) is 13.0 Å². The molecule has 0 saturated heterocycles. The van der Waals surface area contributed by atoms with Gasteiger partial charge in [0.05, 0.1) is 6.61 Å². The third kappa shape index (κ3) is 4.62. The molecule has 1 amide bonds. The van der Waals surface area contributed by atoms with Crippen LogP contribution in [-0.2, 0) is 11.3 Å². The van der Waals surface area contributed by atoms with Crippen molar-refractivity contribution in [2.75, 3.05) is 11.9 Å². The molecule has 1 aromatic heterocycles. The zero-order valence-electron chi connectivity index (χ0n) is 8.81. The minimum atomic E-state index is -0.493. The predicted octanol–water partition coefficient (Wildman–Crippen LogP) is -1.93. The van der Waals surface area contributed by atoms with Crippen LogP contribution in [0.5, 0.6) is 0 Å². The Bertz CT molecular complexity index is 390. The minimum absolute atomic E-state index is 0. The van der Waals surface area contributed by atoms with Crippen molar-refractivity contribution in [3.63, 3.8) is 0 Å². The van der Waals surface area contributed by atoms with Gasteiger partial charge >= 0.3 is 6.09 Å². The molecule has 0 aromatic carbocycles. The fourth-order valence-electron chi connectivity index (χ4n) is 1.06. The summed E-state index contributed by atoms with van der Waals surface area (Å²) >= 11 is 0. The fourth-order valence-corrected chi connectivity index (χ4v) is 1.06. The summed E-state index contributed by atoms with van der Waals surface area (Å²) in [6.45, 7) is 2.32. The molecule has 1 N–H and O–H groups in total. The summed E-state index contributed by atoms with van der Waals surface area (Å²) < 4.78 is 6.39. The van der Waals surface area contributed by atoms with Crippen molar-refractivity contribution in [1.29, 1.82) is 5.26 Å². The van der Waals surface area contributed by atoms with Crippen molar-refractivity contribution < 1.29 is 26.5 Å². The smallest absolute Gasteiger partial charge is 0.411 e. The van der Waals surface area contributed by atoms with E-state index in [2.05, 4.69) is 5.32 Å². The first-order valence-corrected chi connectivity index (χ1v) is 4.56. The van der Waals surface area contributed by atoms with Gasteiger partial charge in [0.15, 0.2) is 12.4 Å². The molecule has 5 nitrogen and oxygen atoms in total. The molecular weight excluding hydrogens is 230 g/mol. The van der Waals surface area contributed by atoms with Crippen LogP contribution in [0.25, 0.3) is 0 Å². The molecule has 0 fully saturated rings. The lowest BCUT2D eigenvalue weighted by atomic mass is 10.4. The molecule has 0 unspecified atom stereocenters. The lowest BCUT2D eigenvalue weighted by Crippen LogP contribution is -3.00. The van der Waals surface area contributed by atoms with E-state index in [1.165, 1.54) is 0 Å². The highest BCUT2D eigenvalue weighted by molar-refractivity contribution is 5.83. The van der Waals surface area contributed by atoms with Gasteiger partial charge in [-0.25, -0.2) is 4.79 Å². The Balaban J connectivity index is 0.00000225. The zero-order chi connectivity index (χ0) is 11.1. The molecule has 16 heavy (non-hydrogen) atoms. The first-order valence-electron chi connectivity index (χ1n) is 4.56. The highest BCUT2D eigenvalue weighted by Crippen LogP contribution is 2.02. The van der Waals surface area contributed by atoms with Crippen molar-refractivity contribution >= 4 is 11.8 Å². The van der Waals surface area contributed by atoms with Gasteiger partial charge in [-0.15, -0.1) is 0 Å². The second-order valence-electron chi connectivity index (χ2n) is 2.77. The van der Waals surface area contributed by atoms with Crippen molar-refractivity contribution in [1.82, 2.24) is 0 Å². The standard InChI is InChI=1S/C10H11N3O2.ClH/c1-2-15-10(14)12-9-4-3-6-13(8-9)7-5-11;/h3-4,6,8H,2,7H2,1H3;1H. The molecule has 86 valence electrons. The number of pyridine rings is 1. The SMILES string of the molecule is CCOC(=O)Nc1ccc[n+](CC#N)c1.[Cl-]. The summed E-state index contributed by atoms with van der Waals surface area (Å²) in [6.07, 6.45) is 2.92. The van der Waals surface area contributed by atoms with E-state index >= 15 is 0 Å². The van der Waals surface area contributed by atoms with Crippen molar-refractivity contribution in [2.24, 2.45) is 0 Å². The molecule has 0 atom stereocenters. The van der Waals surface area contributed by atoms with Crippen molar-refractivity contribution in [3.05, 3.63) is 24.5 Å². The molecule has 0 bridgehead atoms. The maximum absolute atomic E-state index is 11.1. The largest absolute Gasteiger partial charge is 1.00 e. The van der Waals surface area contributed by atoms with Gasteiger partial charge in [0.25, 0.3) is 0 Å². The zero-order valence-corrected chi connectivity index (χ0v) is 9.57. The number of carbonyl (C=O) groups is 1. The molecule has 0 saturated carbocycles. The Morgan fingerprint density at radius 1 is 1.69 bits per heavy atom. The van der Waals surface area contributed by atoms with E-state index < -0.39 is 6.09 Å². The second kappa shape index (κ2) is 7.49. The van der Waals surface area contributed by atoms with Gasteiger partial charge in [0.2, 0.25) is 6.54 Å². The first kappa shape index (κ1) is 14.2. The molecule has 1 rings (SSSR count). The van der Waals surface area contributed by atoms with Gasteiger partial charge in [-0.2, -0.15) is 9.83 Å². The van der Waals surface area contributed by atoms with Gasteiger partial charge in [0, 0.05) is 6.07 Å². The summed E-state index contributed by atoms with van der Waals surface area (Å²) in [5.74, 6) is 0. The van der Waals surface area contributed by atoms with Gasteiger partial charge in [-0.3, -0.25) is 5.32 Å². The highest BCUT2D eigenvalue weighted by Gasteiger charge is 2.05. The number of amides is 1. The molecular formula is C10H12ClN3O2. The molecule has 1 aromatic rings. The Morgan fingerprint density at radius 3 is 3.06 bits per heavy atom. The molecule has 6 heteroatoms. The number of hydrogen-bond donors (Lipinski definition) is 1.